The van der Waals surface area contributed by atoms with Crippen LogP contribution in [0.15, 0.2) is 28.3 Å². The first-order valence-corrected chi connectivity index (χ1v) is 7.66. The van der Waals surface area contributed by atoms with Gasteiger partial charge in [0.15, 0.2) is 0 Å². The molecule has 0 fully saturated rings. The molecule has 1 atom stereocenters. The van der Waals surface area contributed by atoms with Gasteiger partial charge in [-0.05, 0) is 74.8 Å². The Morgan fingerprint density at radius 2 is 2.27 bits per heavy atom. The highest BCUT2D eigenvalue weighted by molar-refractivity contribution is 14.1. The Kier molecular flexibility index (Phi) is 4.19. The molecule has 1 nitrogen and oxygen atoms in total. The highest BCUT2D eigenvalue weighted by Crippen LogP contribution is 2.24. The van der Waals surface area contributed by atoms with E-state index < -0.39 is 0 Å². The van der Waals surface area contributed by atoms with Gasteiger partial charge in [-0.15, -0.1) is 11.3 Å². The van der Waals surface area contributed by atoms with Gasteiger partial charge >= 0.3 is 0 Å². The number of rotatable bonds is 4. The SMILES string of the molecule is NC(CCc1ccsc1)c1csc(I)c1. The molecule has 0 saturated heterocycles. The van der Waals surface area contributed by atoms with E-state index in [1.165, 1.54) is 14.0 Å². The molecule has 4 heteroatoms. The van der Waals surface area contributed by atoms with E-state index in [9.17, 15) is 0 Å². The van der Waals surface area contributed by atoms with Crippen molar-refractivity contribution < 1.29 is 0 Å². The van der Waals surface area contributed by atoms with Gasteiger partial charge < -0.3 is 5.73 Å². The molecule has 0 saturated carbocycles. The quantitative estimate of drug-likeness (QED) is 0.828. The monoisotopic (exact) mass is 349 g/mol. The molecule has 2 aromatic rings. The largest absolute Gasteiger partial charge is 0.324 e. The first kappa shape index (κ1) is 11.6. The Morgan fingerprint density at radius 3 is 2.87 bits per heavy atom. The summed E-state index contributed by atoms with van der Waals surface area (Å²) in [5.41, 5.74) is 8.81. The van der Waals surface area contributed by atoms with Gasteiger partial charge in [-0.25, -0.2) is 0 Å². The Labute approximate surface area is 111 Å². The third-order valence-corrected chi connectivity index (χ3v) is 4.88. The van der Waals surface area contributed by atoms with E-state index in [4.69, 9.17) is 5.73 Å². The van der Waals surface area contributed by atoms with E-state index in [1.807, 2.05) is 0 Å². The van der Waals surface area contributed by atoms with Gasteiger partial charge in [0.05, 0.1) is 2.88 Å². The van der Waals surface area contributed by atoms with Crippen LogP contribution in [0.2, 0.25) is 0 Å². The van der Waals surface area contributed by atoms with Crippen LogP contribution in [-0.2, 0) is 6.42 Å². The average molecular weight is 349 g/mol. The fraction of sp³-hybridized carbons (Fsp3) is 0.273. The molecule has 0 amide bonds. The second-order valence-corrected chi connectivity index (χ2v) is 7.05. The van der Waals surface area contributed by atoms with Crippen LogP contribution in [0.25, 0.3) is 0 Å². The van der Waals surface area contributed by atoms with Crippen LogP contribution in [0.4, 0.5) is 0 Å². The third kappa shape index (κ3) is 3.27. The van der Waals surface area contributed by atoms with E-state index in [-0.39, 0.29) is 6.04 Å². The maximum Gasteiger partial charge on any atom is 0.0656 e. The highest BCUT2D eigenvalue weighted by atomic mass is 127. The summed E-state index contributed by atoms with van der Waals surface area (Å²) in [4.78, 5) is 0. The zero-order valence-corrected chi connectivity index (χ0v) is 11.9. The lowest BCUT2D eigenvalue weighted by molar-refractivity contribution is 0.654. The van der Waals surface area contributed by atoms with Crippen LogP contribution in [0.1, 0.15) is 23.6 Å². The zero-order valence-electron chi connectivity index (χ0n) is 8.15. The van der Waals surface area contributed by atoms with Gasteiger partial charge in [-0.3, -0.25) is 0 Å². The minimum atomic E-state index is 0.185. The van der Waals surface area contributed by atoms with Crippen molar-refractivity contribution in [3.05, 3.63) is 42.3 Å². The predicted molar refractivity (Wildman–Crippen MR) is 76.6 cm³/mol. The van der Waals surface area contributed by atoms with E-state index in [0.717, 1.165) is 12.8 Å². The summed E-state index contributed by atoms with van der Waals surface area (Å²) >= 11 is 5.85. The molecule has 0 aliphatic rings. The molecule has 15 heavy (non-hydrogen) atoms. The molecule has 2 aromatic heterocycles. The van der Waals surface area contributed by atoms with Crippen molar-refractivity contribution in [2.75, 3.05) is 0 Å². The second kappa shape index (κ2) is 5.43. The van der Waals surface area contributed by atoms with Crippen molar-refractivity contribution in [1.82, 2.24) is 0 Å². The van der Waals surface area contributed by atoms with Crippen molar-refractivity contribution in [3.8, 4) is 0 Å². The molecule has 2 rings (SSSR count). The van der Waals surface area contributed by atoms with E-state index in [0.29, 0.717) is 0 Å². The average Bonchev–Trinajstić information content (AvgIpc) is 2.84. The van der Waals surface area contributed by atoms with Gasteiger partial charge in [-0.1, -0.05) is 0 Å². The first-order chi connectivity index (χ1) is 7.25. The number of hydrogen-bond donors (Lipinski definition) is 1. The lowest BCUT2D eigenvalue weighted by Crippen LogP contribution is -2.10. The van der Waals surface area contributed by atoms with Crippen LogP contribution >= 0.6 is 45.3 Å². The van der Waals surface area contributed by atoms with Crippen LogP contribution in [-0.4, -0.2) is 0 Å². The lowest BCUT2D eigenvalue weighted by Gasteiger charge is -2.08. The Balaban J connectivity index is 1.90. The molecule has 0 bridgehead atoms. The van der Waals surface area contributed by atoms with Crippen molar-refractivity contribution in [3.63, 3.8) is 0 Å². The normalized spacial score (nSPS) is 12.9. The fourth-order valence-corrected chi connectivity index (χ4v) is 3.58. The summed E-state index contributed by atoms with van der Waals surface area (Å²) in [5.74, 6) is 0. The van der Waals surface area contributed by atoms with Crippen molar-refractivity contribution in [2.45, 2.75) is 18.9 Å². The third-order valence-electron chi connectivity index (χ3n) is 2.34. The lowest BCUT2D eigenvalue weighted by atomic mass is 10.0. The van der Waals surface area contributed by atoms with Crippen molar-refractivity contribution in [2.24, 2.45) is 5.73 Å². The number of thiophene rings is 2. The van der Waals surface area contributed by atoms with E-state index >= 15 is 0 Å². The van der Waals surface area contributed by atoms with E-state index in [2.05, 4.69) is 50.9 Å². The predicted octanol–water partition coefficient (Wildman–Crippen LogP) is 4.05. The molecule has 2 heterocycles. The van der Waals surface area contributed by atoms with Crippen LogP contribution in [0, 0.1) is 2.88 Å². The summed E-state index contributed by atoms with van der Waals surface area (Å²) in [7, 11) is 0. The molecule has 0 aromatic carbocycles. The molecular formula is C11H12INS2. The smallest absolute Gasteiger partial charge is 0.0656 e. The highest BCUT2D eigenvalue weighted by Gasteiger charge is 2.08. The molecular weight excluding hydrogens is 337 g/mol. The van der Waals surface area contributed by atoms with Crippen LogP contribution in [0.5, 0.6) is 0 Å². The fourth-order valence-electron chi connectivity index (χ4n) is 1.44. The molecule has 0 spiro atoms. The molecule has 1 unspecified atom stereocenters. The maximum atomic E-state index is 6.13. The molecule has 0 aliphatic heterocycles. The van der Waals surface area contributed by atoms with Crippen LogP contribution < -0.4 is 5.73 Å². The first-order valence-electron chi connectivity index (χ1n) is 4.76. The Bertz CT molecular complexity index is 408. The molecule has 2 N–H and O–H groups in total. The molecule has 0 radical (unpaired) electrons. The summed E-state index contributed by atoms with van der Waals surface area (Å²) in [6.45, 7) is 0. The van der Waals surface area contributed by atoms with Crippen molar-refractivity contribution in [1.29, 1.82) is 0 Å². The summed E-state index contributed by atoms with van der Waals surface area (Å²) in [6.07, 6.45) is 2.11. The minimum Gasteiger partial charge on any atom is -0.324 e. The second-order valence-electron chi connectivity index (χ2n) is 3.46. The van der Waals surface area contributed by atoms with Crippen molar-refractivity contribution >= 4 is 45.3 Å². The van der Waals surface area contributed by atoms with E-state index in [1.54, 1.807) is 22.7 Å². The van der Waals surface area contributed by atoms with Gasteiger partial charge in [0.2, 0.25) is 0 Å². The van der Waals surface area contributed by atoms with Gasteiger partial charge in [0, 0.05) is 6.04 Å². The van der Waals surface area contributed by atoms with Crippen LogP contribution in [0.3, 0.4) is 0 Å². The van der Waals surface area contributed by atoms with Gasteiger partial charge in [0.25, 0.3) is 0 Å². The Hall–Kier alpha value is 0.0900. The maximum absolute atomic E-state index is 6.13. The summed E-state index contributed by atoms with van der Waals surface area (Å²) in [5, 5.41) is 6.48. The summed E-state index contributed by atoms with van der Waals surface area (Å²) < 4.78 is 1.31. The Morgan fingerprint density at radius 1 is 1.40 bits per heavy atom. The van der Waals surface area contributed by atoms with Gasteiger partial charge in [0.1, 0.15) is 0 Å². The number of hydrogen-bond acceptors (Lipinski definition) is 3. The number of nitrogens with two attached hydrogens (primary N) is 1. The zero-order chi connectivity index (χ0) is 10.7. The molecule has 80 valence electrons. The van der Waals surface area contributed by atoms with Gasteiger partial charge in [-0.2, -0.15) is 11.3 Å². The standard InChI is InChI=1S/C11H12INS2/c12-11-5-9(7-15-11)10(13)2-1-8-3-4-14-6-8/h3-7,10H,1-2,13H2. The molecule has 0 aliphatic carbocycles. The number of aryl methyl sites for hydroxylation is 1. The minimum absolute atomic E-state index is 0.185. The topological polar surface area (TPSA) is 26.0 Å². The summed E-state index contributed by atoms with van der Waals surface area (Å²) in [6, 6.07) is 4.54. The number of halogens is 1.